The Kier molecular flexibility index (Phi) is 3.00. The zero-order valence-corrected chi connectivity index (χ0v) is 15.4. The van der Waals surface area contributed by atoms with E-state index in [4.69, 9.17) is 4.74 Å². The first kappa shape index (κ1) is 15.5. The van der Waals surface area contributed by atoms with E-state index in [1.807, 2.05) is 0 Å². The molecular formula is C22H27NO3. The molecule has 1 aromatic carbocycles. The molecule has 1 spiro atoms. The minimum Gasteiger partial charge on any atom is -0.504 e. The van der Waals surface area contributed by atoms with E-state index in [1.54, 1.807) is 6.07 Å². The van der Waals surface area contributed by atoms with E-state index < -0.39 is 0 Å². The van der Waals surface area contributed by atoms with Gasteiger partial charge in [0.05, 0.1) is 0 Å². The van der Waals surface area contributed by atoms with Crippen LogP contribution in [0.1, 0.15) is 50.2 Å². The normalized spacial score (nSPS) is 40.7. The Hall–Kier alpha value is -1.55. The minimum absolute atomic E-state index is 0.0577. The Bertz CT molecular complexity index is 801. The molecular weight excluding hydrogens is 326 g/mol. The van der Waals surface area contributed by atoms with Crippen molar-refractivity contribution < 1.29 is 14.6 Å². The van der Waals surface area contributed by atoms with Crippen LogP contribution in [0, 0.1) is 17.8 Å². The molecule has 5 aliphatic rings. The Morgan fingerprint density at radius 2 is 2.19 bits per heavy atom. The number of aromatic hydroxyl groups is 1. The second kappa shape index (κ2) is 5.03. The fraction of sp³-hybridized carbons (Fsp3) is 0.682. The minimum atomic E-state index is -0.382. The van der Waals surface area contributed by atoms with Crippen LogP contribution in [0.5, 0.6) is 11.5 Å². The molecule has 0 amide bonds. The molecule has 4 nitrogen and oxygen atoms in total. The lowest BCUT2D eigenvalue weighted by atomic mass is 9.50. The smallest absolute Gasteiger partial charge is 0.177 e. The summed E-state index contributed by atoms with van der Waals surface area (Å²) in [4.78, 5) is 15.8. The van der Waals surface area contributed by atoms with Gasteiger partial charge in [0.25, 0.3) is 0 Å². The van der Waals surface area contributed by atoms with Crippen molar-refractivity contribution >= 4 is 5.78 Å². The van der Waals surface area contributed by atoms with E-state index in [9.17, 15) is 9.90 Å². The van der Waals surface area contributed by atoms with E-state index in [1.165, 1.54) is 36.9 Å². The average molecular weight is 353 g/mol. The maximum absolute atomic E-state index is 13.1. The average Bonchev–Trinajstić information content (AvgIpc) is 2.93. The highest BCUT2D eigenvalue weighted by molar-refractivity contribution is 5.90. The van der Waals surface area contributed by atoms with Gasteiger partial charge in [0.2, 0.25) is 0 Å². The molecule has 2 bridgehead atoms. The number of carbonyl (C=O) groups excluding carboxylic acids is 1. The topological polar surface area (TPSA) is 49.8 Å². The van der Waals surface area contributed by atoms with Gasteiger partial charge in [0.1, 0.15) is 0 Å². The Labute approximate surface area is 154 Å². The predicted octanol–water partition coefficient (Wildman–Crippen LogP) is 3.05. The molecule has 3 aliphatic carbocycles. The Morgan fingerprint density at radius 1 is 1.35 bits per heavy atom. The first-order valence-electron chi connectivity index (χ1n) is 10.4. The number of benzene rings is 1. The van der Waals surface area contributed by atoms with Crippen LogP contribution in [-0.2, 0) is 16.6 Å². The van der Waals surface area contributed by atoms with Gasteiger partial charge in [-0.15, -0.1) is 0 Å². The monoisotopic (exact) mass is 353 g/mol. The number of phenols is 1. The Balaban J connectivity index is 1.50. The lowest BCUT2D eigenvalue weighted by Gasteiger charge is -2.59. The summed E-state index contributed by atoms with van der Waals surface area (Å²) in [5.41, 5.74) is 2.31. The standard InChI is InChI=1S/C22H27NO3/c1-12-9-15-16-10-14-5-6-17(24)20-18(14)22(15,21(26-20)19(12)25)7-8-23(16)11-13-3-2-4-13/h5-6,12-13,15-16,21,24H,2-4,7-11H2,1H3/t12-,15-,16+,21?,22-/m0/s1. The molecule has 0 aromatic heterocycles. The third-order valence-corrected chi connectivity index (χ3v) is 8.30. The van der Waals surface area contributed by atoms with Gasteiger partial charge in [-0.2, -0.15) is 0 Å². The molecule has 3 fully saturated rings. The SMILES string of the molecule is C[C@H]1C[C@H]2[C@H]3Cc4ccc(O)c5c4[C@@]2(CCN3CC2CCC2)C(O5)C1=O. The third kappa shape index (κ3) is 1.72. The number of rotatable bonds is 2. The van der Waals surface area contributed by atoms with Crippen molar-refractivity contribution in [1.82, 2.24) is 4.90 Å². The maximum Gasteiger partial charge on any atom is 0.177 e. The highest BCUT2D eigenvalue weighted by Crippen LogP contribution is 2.63. The summed E-state index contributed by atoms with van der Waals surface area (Å²) in [6, 6.07) is 4.37. The van der Waals surface area contributed by atoms with Crippen molar-refractivity contribution in [2.75, 3.05) is 13.1 Å². The quantitative estimate of drug-likeness (QED) is 0.888. The van der Waals surface area contributed by atoms with Gasteiger partial charge in [-0.25, -0.2) is 0 Å². The molecule has 2 heterocycles. The van der Waals surface area contributed by atoms with Crippen LogP contribution >= 0.6 is 0 Å². The van der Waals surface area contributed by atoms with Crippen molar-refractivity contribution in [1.29, 1.82) is 0 Å². The first-order chi connectivity index (χ1) is 12.6. The van der Waals surface area contributed by atoms with Crippen LogP contribution < -0.4 is 4.74 Å². The first-order valence-corrected chi connectivity index (χ1v) is 10.4. The van der Waals surface area contributed by atoms with Gasteiger partial charge in [-0.05, 0) is 62.1 Å². The fourth-order valence-electron chi connectivity index (χ4n) is 6.84. The van der Waals surface area contributed by atoms with Crippen LogP contribution in [0.25, 0.3) is 0 Å². The molecule has 2 saturated carbocycles. The summed E-state index contributed by atoms with van der Waals surface area (Å²) >= 11 is 0. The maximum atomic E-state index is 13.1. The van der Waals surface area contributed by atoms with Gasteiger partial charge >= 0.3 is 0 Å². The van der Waals surface area contributed by atoms with Crippen LogP contribution in [0.3, 0.4) is 0 Å². The molecule has 1 aromatic rings. The summed E-state index contributed by atoms with van der Waals surface area (Å²) < 4.78 is 6.22. The highest BCUT2D eigenvalue weighted by atomic mass is 16.5. The summed E-state index contributed by atoms with van der Waals surface area (Å²) in [5, 5.41) is 10.4. The van der Waals surface area contributed by atoms with E-state index in [2.05, 4.69) is 17.9 Å². The molecule has 4 heteroatoms. The van der Waals surface area contributed by atoms with Gasteiger partial charge in [-0.1, -0.05) is 19.4 Å². The van der Waals surface area contributed by atoms with Gasteiger partial charge in [0.15, 0.2) is 23.4 Å². The van der Waals surface area contributed by atoms with Crippen molar-refractivity contribution in [3.63, 3.8) is 0 Å². The zero-order valence-electron chi connectivity index (χ0n) is 15.4. The number of ketones is 1. The molecule has 2 aliphatic heterocycles. The van der Waals surface area contributed by atoms with E-state index in [-0.39, 0.29) is 29.0 Å². The molecule has 5 atom stereocenters. The predicted molar refractivity (Wildman–Crippen MR) is 97.5 cm³/mol. The Morgan fingerprint density at radius 3 is 2.96 bits per heavy atom. The van der Waals surface area contributed by atoms with Gasteiger partial charge in [0, 0.05) is 29.5 Å². The summed E-state index contributed by atoms with van der Waals surface area (Å²) in [5.74, 6) is 2.48. The third-order valence-electron chi connectivity index (χ3n) is 8.30. The van der Waals surface area contributed by atoms with E-state index in [0.29, 0.717) is 17.7 Å². The lowest BCUT2D eigenvalue weighted by molar-refractivity contribution is -0.145. The van der Waals surface area contributed by atoms with E-state index in [0.717, 1.165) is 31.7 Å². The van der Waals surface area contributed by atoms with E-state index >= 15 is 0 Å². The summed E-state index contributed by atoms with van der Waals surface area (Å²) in [7, 11) is 0. The number of likely N-dealkylation sites (tertiary alicyclic amines) is 1. The second-order valence-corrected chi connectivity index (χ2v) is 9.45. The molecule has 1 unspecified atom stereocenters. The van der Waals surface area contributed by atoms with Crippen molar-refractivity contribution in [2.24, 2.45) is 17.8 Å². The van der Waals surface area contributed by atoms with Gasteiger partial charge < -0.3 is 9.84 Å². The second-order valence-electron chi connectivity index (χ2n) is 9.45. The molecule has 1 saturated heterocycles. The zero-order chi connectivity index (χ0) is 17.6. The fourth-order valence-corrected chi connectivity index (χ4v) is 6.84. The van der Waals surface area contributed by atoms with Crippen molar-refractivity contribution in [3.8, 4) is 11.5 Å². The van der Waals surface area contributed by atoms with Crippen molar-refractivity contribution in [2.45, 2.75) is 63.0 Å². The number of hydrogen-bond donors (Lipinski definition) is 1. The summed E-state index contributed by atoms with van der Waals surface area (Å²) in [6.07, 6.45) is 6.78. The number of carbonyl (C=O) groups is 1. The lowest BCUT2D eigenvalue weighted by Crippen LogP contribution is -2.67. The molecule has 0 radical (unpaired) electrons. The van der Waals surface area contributed by atoms with Gasteiger partial charge in [-0.3, -0.25) is 9.69 Å². The largest absolute Gasteiger partial charge is 0.504 e. The van der Waals surface area contributed by atoms with Crippen LogP contribution in [0.2, 0.25) is 0 Å². The van der Waals surface area contributed by atoms with Crippen LogP contribution in [0.4, 0.5) is 0 Å². The number of phenolic OH excluding ortho intramolecular Hbond substituents is 1. The number of nitrogens with zero attached hydrogens (tertiary/aromatic N) is 1. The highest BCUT2D eigenvalue weighted by Gasteiger charge is 2.67. The number of ether oxygens (including phenoxy) is 1. The molecule has 1 N–H and O–H groups in total. The number of piperidine rings is 1. The molecule has 6 rings (SSSR count). The molecule has 26 heavy (non-hydrogen) atoms. The summed E-state index contributed by atoms with van der Waals surface area (Å²) in [6.45, 7) is 4.36. The van der Waals surface area contributed by atoms with Crippen LogP contribution in [-0.4, -0.2) is 41.0 Å². The van der Waals surface area contributed by atoms with Crippen LogP contribution in [0.15, 0.2) is 12.1 Å². The van der Waals surface area contributed by atoms with Crippen molar-refractivity contribution in [3.05, 3.63) is 23.3 Å². The number of Topliss-reactive ketones (excluding diaryl/α,β-unsaturated/α-hetero) is 1. The molecule has 138 valence electrons. The number of hydrogen-bond acceptors (Lipinski definition) is 4.